The minimum absolute atomic E-state index is 0.0415. The van der Waals surface area contributed by atoms with Gasteiger partial charge in [0.15, 0.2) is 0 Å². The molecule has 0 spiro atoms. The van der Waals surface area contributed by atoms with Gasteiger partial charge >= 0.3 is 0 Å². The van der Waals surface area contributed by atoms with Gasteiger partial charge in [0.05, 0.1) is 6.04 Å². The molecule has 1 atom stereocenters. The number of anilines is 2. The number of benzene rings is 3. The van der Waals surface area contributed by atoms with E-state index in [1.807, 2.05) is 43.3 Å². The summed E-state index contributed by atoms with van der Waals surface area (Å²) in [6.07, 6.45) is 2.32. The molecule has 0 aromatic heterocycles. The Hall–Kier alpha value is -3.27. The zero-order valence-corrected chi connectivity index (χ0v) is 17.2. The molecule has 0 amide bonds. The van der Waals surface area contributed by atoms with Crippen molar-refractivity contribution in [2.75, 3.05) is 17.6 Å². The highest BCUT2D eigenvalue weighted by molar-refractivity contribution is 6.02. The summed E-state index contributed by atoms with van der Waals surface area (Å²) in [4.78, 5) is 4.62. The maximum absolute atomic E-state index is 6.13. The van der Waals surface area contributed by atoms with Gasteiger partial charge in [-0.05, 0) is 54.7 Å². The lowest BCUT2D eigenvalue weighted by atomic mass is 10.1. The minimum Gasteiger partial charge on any atom is -0.398 e. The van der Waals surface area contributed by atoms with Gasteiger partial charge in [-0.2, -0.15) is 0 Å². The SMILES string of the molecule is CCCNc1ccccc1C(C)N=C(N)c1ccccc1N.c1ccc2c(c1)C2. The number of hydrogen-bond acceptors (Lipinski definition) is 3. The van der Waals surface area contributed by atoms with Crippen LogP contribution in [0.3, 0.4) is 0 Å². The van der Waals surface area contributed by atoms with Crippen molar-refractivity contribution in [3.05, 3.63) is 95.1 Å². The Labute approximate surface area is 173 Å². The van der Waals surface area contributed by atoms with Crippen LogP contribution in [0.15, 0.2) is 77.8 Å². The molecule has 0 fully saturated rings. The van der Waals surface area contributed by atoms with Gasteiger partial charge < -0.3 is 16.8 Å². The van der Waals surface area contributed by atoms with Crippen molar-refractivity contribution >= 4 is 17.2 Å². The highest BCUT2D eigenvalue weighted by atomic mass is 14.9. The van der Waals surface area contributed by atoms with Crippen LogP contribution >= 0.6 is 0 Å². The first kappa shape index (κ1) is 20.5. The van der Waals surface area contributed by atoms with E-state index in [0.29, 0.717) is 11.5 Å². The summed E-state index contributed by atoms with van der Waals surface area (Å²) >= 11 is 0. The van der Waals surface area contributed by atoms with Crippen LogP contribution in [-0.2, 0) is 6.42 Å². The van der Waals surface area contributed by atoms with Gasteiger partial charge in [0.1, 0.15) is 5.84 Å². The normalized spacial score (nSPS) is 13.0. The third-order valence-electron chi connectivity index (χ3n) is 4.92. The smallest absolute Gasteiger partial charge is 0.128 e. The van der Waals surface area contributed by atoms with Crippen LogP contribution in [-0.4, -0.2) is 12.4 Å². The molecule has 0 aliphatic heterocycles. The van der Waals surface area contributed by atoms with Crippen LogP contribution in [0.1, 0.15) is 48.6 Å². The van der Waals surface area contributed by atoms with Gasteiger partial charge in [-0.3, -0.25) is 4.99 Å². The highest BCUT2D eigenvalue weighted by Crippen LogP contribution is 2.26. The molecule has 0 radical (unpaired) electrons. The standard InChI is InChI=1S/C18H24N4.C7H6/c1-3-12-21-17-11-7-5-8-14(17)13(2)22-18(20)15-9-4-6-10-16(15)19;1-2-4-7-5-6(7)3-1/h4-11,13,21H,3,12,19H2,1-2H3,(H2,20,22);1-4H,5H2. The summed E-state index contributed by atoms with van der Waals surface area (Å²) in [5.41, 5.74) is 18.8. The van der Waals surface area contributed by atoms with E-state index in [-0.39, 0.29) is 6.04 Å². The molecular formula is C25H30N4. The average molecular weight is 387 g/mol. The van der Waals surface area contributed by atoms with E-state index >= 15 is 0 Å². The van der Waals surface area contributed by atoms with E-state index in [1.165, 1.54) is 17.5 Å². The summed E-state index contributed by atoms with van der Waals surface area (Å²) in [7, 11) is 0. The lowest BCUT2D eigenvalue weighted by Crippen LogP contribution is -2.17. The largest absolute Gasteiger partial charge is 0.398 e. The topological polar surface area (TPSA) is 76.4 Å². The number of amidine groups is 1. The molecule has 0 saturated heterocycles. The molecule has 4 rings (SSSR count). The molecule has 1 aliphatic rings. The van der Waals surface area contributed by atoms with Crippen molar-refractivity contribution < 1.29 is 0 Å². The molecule has 0 heterocycles. The van der Waals surface area contributed by atoms with Crippen molar-refractivity contribution in [3.63, 3.8) is 0 Å². The molecule has 3 aromatic carbocycles. The molecule has 150 valence electrons. The molecular weight excluding hydrogens is 356 g/mol. The van der Waals surface area contributed by atoms with Crippen molar-refractivity contribution in [1.82, 2.24) is 0 Å². The van der Waals surface area contributed by atoms with Crippen molar-refractivity contribution in [1.29, 1.82) is 0 Å². The molecule has 5 N–H and O–H groups in total. The maximum atomic E-state index is 6.13. The van der Waals surface area contributed by atoms with E-state index in [0.717, 1.165) is 29.8 Å². The average Bonchev–Trinajstić information content (AvgIpc) is 3.53. The van der Waals surface area contributed by atoms with E-state index in [9.17, 15) is 0 Å². The molecule has 29 heavy (non-hydrogen) atoms. The first-order chi connectivity index (χ1) is 14.1. The number of nitrogen functional groups attached to an aromatic ring is 1. The van der Waals surface area contributed by atoms with Gasteiger partial charge in [0.2, 0.25) is 0 Å². The predicted molar refractivity (Wildman–Crippen MR) is 124 cm³/mol. The molecule has 4 nitrogen and oxygen atoms in total. The Morgan fingerprint density at radius 1 is 0.966 bits per heavy atom. The van der Waals surface area contributed by atoms with Crippen molar-refractivity contribution in [2.45, 2.75) is 32.7 Å². The van der Waals surface area contributed by atoms with E-state index in [4.69, 9.17) is 11.5 Å². The fraction of sp³-hybridized carbons (Fsp3) is 0.240. The van der Waals surface area contributed by atoms with Gasteiger partial charge in [-0.1, -0.05) is 61.5 Å². The molecule has 1 aliphatic carbocycles. The highest BCUT2D eigenvalue weighted by Gasteiger charge is 2.12. The third kappa shape index (κ3) is 5.61. The number of nitrogens with one attached hydrogen (secondary N) is 1. The summed E-state index contributed by atoms with van der Waals surface area (Å²) < 4.78 is 0. The summed E-state index contributed by atoms with van der Waals surface area (Å²) in [5, 5.41) is 3.43. The van der Waals surface area contributed by atoms with Crippen LogP contribution in [0.5, 0.6) is 0 Å². The van der Waals surface area contributed by atoms with Gasteiger partial charge in [-0.25, -0.2) is 0 Å². The second-order valence-electron chi connectivity index (χ2n) is 7.24. The zero-order chi connectivity index (χ0) is 20.6. The number of para-hydroxylation sites is 2. The fourth-order valence-electron chi connectivity index (χ4n) is 3.20. The Balaban J connectivity index is 0.000000283. The number of nitrogens with zero attached hydrogens (tertiary/aromatic N) is 1. The van der Waals surface area contributed by atoms with Crippen LogP contribution in [0, 0.1) is 0 Å². The predicted octanol–water partition coefficient (Wildman–Crippen LogP) is 5.15. The second kappa shape index (κ2) is 9.78. The van der Waals surface area contributed by atoms with Gasteiger partial charge in [-0.15, -0.1) is 0 Å². The fourth-order valence-corrected chi connectivity index (χ4v) is 3.20. The Bertz CT molecular complexity index is 957. The lowest BCUT2D eigenvalue weighted by molar-refractivity contribution is 0.817. The Morgan fingerprint density at radius 3 is 2.24 bits per heavy atom. The summed E-state index contributed by atoms with van der Waals surface area (Å²) in [5.74, 6) is 0.468. The Kier molecular flexibility index (Phi) is 6.90. The third-order valence-corrected chi connectivity index (χ3v) is 4.92. The van der Waals surface area contributed by atoms with Crippen LogP contribution in [0.25, 0.3) is 0 Å². The van der Waals surface area contributed by atoms with E-state index in [1.54, 1.807) is 0 Å². The Morgan fingerprint density at radius 2 is 1.59 bits per heavy atom. The maximum Gasteiger partial charge on any atom is 0.128 e. The molecule has 4 heteroatoms. The monoisotopic (exact) mass is 386 g/mol. The molecule has 1 unspecified atom stereocenters. The zero-order valence-electron chi connectivity index (χ0n) is 17.2. The first-order valence-corrected chi connectivity index (χ1v) is 10.2. The van der Waals surface area contributed by atoms with Crippen LogP contribution in [0.2, 0.25) is 0 Å². The first-order valence-electron chi connectivity index (χ1n) is 10.2. The number of rotatable bonds is 6. The van der Waals surface area contributed by atoms with Gasteiger partial charge in [0, 0.05) is 23.5 Å². The summed E-state index contributed by atoms with van der Waals surface area (Å²) in [6, 6.07) is 24.2. The van der Waals surface area contributed by atoms with Crippen LogP contribution in [0.4, 0.5) is 11.4 Å². The minimum atomic E-state index is -0.0415. The van der Waals surface area contributed by atoms with Crippen molar-refractivity contribution in [2.24, 2.45) is 10.7 Å². The molecule has 0 bridgehead atoms. The van der Waals surface area contributed by atoms with E-state index in [2.05, 4.69) is 53.6 Å². The van der Waals surface area contributed by atoms with Crippen molar-refractivity contribution in [3.8, 4) is 0 Å². The lowest BCUT2D eigenvalue weighted by Gasteiger charge is -2.15. The summed E-state index contributed by atoms with van der Waals surface area (Å²) in [6.45, 7) is 5.13. The van der Waals surface area contributed by atoms with Crippen LogP contribution < -0.4 is 16.8 Å². The number of nitrogens with two attached hydrogens (primary N) is 2. The molecule has 3 aromatic rings. The number of hydrogen-bond donors (Lipinski definition) is 3. The molecule has 0 saturated carbocycles. The number of fused-ring (bicyclic) bond motifs is 1. The number of aliphatic imine (C=N–C) groups is 1. The second-order valence-corrected chi connectivity index (χ2v) is 7.24. The van der Waals surface area contributed by atoms with E-state index < -0.39 is 0 Å². The quantitative estimate of drug-likeness (QED) is 0.244. The van der Waals surface area contributed by atoms with Gasteiger partial charge in [0.25, 0.3) is 0 Å².